The van der Waals surface area contributed by atoms with Crippen LogP contribution in [0.4, 0.5) is 10.6 Å². The lowest BCUT2D eigenvalue weighted by molar-refractivity contribution is 0.133. The van der Waals surface area contributed by atoms with E-state index in [0.29, 0.717) is 36.9 Å². The van der Waals surface area contributed by atoms with E-state index in [2.05, 4.69) is 36.0 Å². The topological polar surface area (TPSA) is 92.0 Å². The van der Waals surface area contributed by atoms with Gasteiger partial charge in [0.25, 0.3) is 0 Å². The predicted molar refractivity (Wildman–Crippen MR) is 118 cm³/mol. The van der Waals surface area contributed by atoms with E-state index in [9.17, 15) is 4.79 Å². The normalized spacial score (nSPS) is 11.1. The zero-order valence-electron chi connectivity index (χ0n) is 17.9. The third-order valence-corrected chi connectivity index (χ3v) is 4.42. The lowest BCUT2D eigenvalue weighted by Crippen LogP contribution is -2.28. The fourth-order valence-electron chi connectivity index (χ4n) is 2.97. The zero-order chi connectivity index (χ0) is 21.4. The van der Waals surface area contributed by atoms with Crippen molar-refractivity contribution in [3.8, 4) is 0 Å². The maximum absolute atomic E-state index is 11.5. The van der Waals surface area contributed by atoms with E-state index in [1.165, 1.54) is 0 Å². The summed E-state index contributed by atoms with van der Waals surface area (Å²) in [7, 11) is 0. The highest BCUT2D eigenvalue weighted by Gasteiger charge is 2.11. The van der Waals surface area contributed by atoms with Crippen LogP contribution in [-0.4, -0.2) is 35.3 Å². The maximum atomic E-state index is 11.5. The molecule has 0 aliphatic rings. The molecule has 0 aliphatic heterocycles. The summed E-state index contributed by atoms with van der Waals surface area (Å²) in [5, 5.41) is 14.6. The van der Waals surface area contributed by atoms with E-state index in [1.807, 2.05) is 36.6 Å². The number of ether oxygens (including phenoxy) is 1. The molecule has 0 unspecified atom stereocenters. The number of alkyl carbamates (subject to hydrolysis) is 1. The molecule has 3 N–H and O–H groups in total. The molecule has 0 bridgehead atoms. The molecule has 0 aliphatic carbocycles. The lowest BCUT2D eigenvalue weighted by Gasteiger charge is -2.18. The molecule has 29 heavy (non-hydrogen) atoms. The molecule has 0 fully saturated rings. The Hall–Kier alpha value is -2.83. The number of carbonyl (C=O) groups is 1. The van der Waals surface area contributed by atoms with Crippen molar-refractivity contribution in [1.29, 1.82) is 5.41 Å². The van der Waals surface area contributed by atoms with Gasteiger partial charge in [-0.15, -0.1) is 0 Å². The van der Waals surface area contributed by atoms with Gasteiger partial charge in [0, 0.05) is 19.1 Å². The highest BCUT2D eigenvalue weighted by atomic mass is 16.5. The van der Waals surface area contributed by atoms with Crippen molar-refractivity contribution in [2.45, 2.75) is 46.6 Å². The van der Waals surface area contributed by atoms with E-state index < -0.39 is 0 Å². The Morgan fingerprint density at radius 2 is 2.00 bits per heavy atom. The Bertz CT molecular complexity index is 902. The minimum atomic E-state index is -0.368. The minimum Gasteiger partial charge on any atom is -0.449 e. The van der Waals surface area contributed by atoms with Gasteiger partial charge in [0.05, 0.1) is 17.6 Å². The van der Waals surface area contributed by atoms with Crippen molar-refractivity contribution in [2.75, 3.05) is 25.0 Å². The molecule has 0 saturated carbocycles. The van der Waals surface area contributed by atoms with Crippen LogP contribution in [0.2, 0.25) is 0 Å². The summed E-state index contributed by atoms with van der Waals surface area (Å²) >= 11 is 0. The molecule has 158 valence electrons. The van der Waals surface area contributed by atoms with Crippen LogP contribution in [0.3, 0.4) is 0 Å². The number of carbonyl (C=O) groups excluding carboxylic acids is 1. The van der Waals surface area contributed by atoms with Crippen molar-refractivity contribution >= 4 is 29.0 Å². The number of fused-ring (bicyclic) bond motifs is 1. The van der Waals surface area contributed by atoms with Gasteiger partial charge in [0.1, 0.15) is 0 Å². The molecule has 7 heteroatoms. The van der Waals surface area contributed by atoms with Crippen molar-refractivity contribution in [3.05, 3.63) is 35.8 Å². The van der Waals surface area contributed by atoms with E-state index in [-0.39, 0.29) is 12.1 Å². The lowest BCUT2D eigenvalue weighted by atomic mass is 10.1. The van der Waals surface area contributed by atoms with Crippen LogP contribution in [0.15, 0.2) is 24.8 Å². The molecule has 0 atom stereocenters. The fourth-order valence-corrected chi connectivity index (χ4v) is 2.97. The van der Waals surface area contributed by atoms with Crippen molar-refractivity contribution in [2.24, 2.45) is 5.92 Å². The number of amides is 1. The highest BCUT2D eigenvalue weighted by Crippen LogP contribution is 2.18. The van der Waals surface area contributed by atoms with Gasteiger partial charge < -0.3 is 19.9 Å². The van der Waals surface area contributed by atoms with Gasteiger partial charge in [-0.25, -0.2) is 9.78 Å². The van der Waals surface area contributed by atoms with Crippen LogP contribution in [0.1, 0.15) is 52.1 Å². The standard InChI is InChI=1S/C22H33N5O2/c1-6-17-9-10-19-18(13-17)26-21(20(23)27(19)16(4)5)24-11-7-8-12-25-22(28)29-14-15(2)3/h6,9-10,13,15-16,23H,1,7-8,11-12,14H2,2-5H3,(H,24,26)(H,25,28). The van der Waals surface area contributed by atoms with Gasteiger partial charge in [0.2, 0.25) is 0 Å². The Morgan fingerprint density at radius 3 is 2.66 bits per heavy atom. The molecule has 1 amide bonds. The van der Waals surface area contributed by atoms with Gasteiger partial charge in [-0.3, -0.25) is 5.41 Å². The van der Waals surface area contributed by atoms with Crippen LogP contribution in [0, 0.1) is 11.3 Å². The molecule has 0 saturated heterocycles. The molecule has 0 radical (unpaired) electrons. The molecule has 2 rings (SSSR count). The summed E-state index contributed by atoms with van der Waals surface area (Å²) in [4.78, 5) is 16.2. The minimum absolute atomic E-state index is 0.143. The number of rotatable bonds is 10. The predicted octanol–water partition coefficient (Wildman–Crippen LogP) is 4.31. The van der Waals surface area contributed by atoms with Crippen molar-refractivity contribution in [3.63, 3.8) is 0 Å². The molecule has 2 aromatic rings. The van der Waals surface area contributed by atoms with E-state index in [0.717, 1.165) is 29.4 Å². The highest BCUT2D eigenvalue weighted by molar-refractivity contribution is 5.79. The van der Waals surface area contributed by atoms with Crippen LogP contribution in [0.25, 0.3) is 17.1 Å². The van der Waals surface area contributed by atoms with Gasteiger partial charge in [0.15, 0.2) is 11.3 Å². The molecular formula is C22H33N5O2. The number of hydrogen-bond donors (Lipinski definition) is 3. The van der Waals surface area contributed by atoms with Crippen LogP contribution < -0.4 is 16.1 Å². The largest absolute Gasteiger partial charge is 0.449 e. The second-order valence-electron chi connectivity index (χ2n) is 7.78. The third kappa shape index (κ3) is 6.34. The number of hydrogen-bond acceptors (Lipinski definition) is 5. The van der Waals surface area contributed by atoms with Crippen molar-refractivity contribution in [1.82, 2.24) is 14.9 Å². The second-order valence-corrected chi connectivity index (χ2v) is 7.78. The smallest absolute Gasteiger partial charge is 0.407 e. The van der Waals surface area contributed by atoms with E-state index >= 15 is 0 Å². The number of unbranched alkanes of at least 4 members (excludes halogenated alkanes) is 1. The number of nitrogens with zero attached hydrogens (tertiary/aromatic N) is 2. The molecule has 1 aromatic carbocycles. The molecule has 7 nitrogen and oxygen atoms in total. The first-order chi connectivity index (χ1) is 13.8. The first-order valence-electron chi connectivity index (χ1n) is 10.2. The van der Waals surface area contributed by atoms with Crippen LogP contribution in [0.5, 0.6) is 0 Å². The number of anilines is 1. The Morgan fingerprint density at radius 1 is 1.28 bits per heavy atom. The summed E-state index contributed by atoms with van der Waals surface area (Å²) in [6.45, 7) is 13.6. The second kappa shape index (κ2) is 10.6. The number of nitrogens with one attached hydrogen (secondary N) is 3. The first-order valence-corrected chi connectivity index (χ1v) is 10.2. The summed E-state index contributed by atoms with van der Waals surface area (Å²) in [6, 6.07) is 6.11. The fraction of sp³-hybridized carbons (Fsp3) is 0.500. The van der Waals surface area contributed by atoms with Crippen molar-refractivity contribution < 1.29 is 9.53 Å². The Labute approximate surface area is 172 Å². The van der Waals surface area contributed by atoms with E-state index in [1.54, 1.807) is 6.08 Å². The Balaban J connectivity index is 1.96. The summed E-state index contributed by atoms with van der Waals surface area (Å²) < 4.78 is 7.06. The molecular weight excluding hydrogens is 366 g/mol. The molecule has 1 heterocycles. The first kappa shape index (κ1) is 22.5. The van der Waals surface area contributed by atoms with Crippen LogP contribution >= 0.6 is 0 Å². The Kier molecular flexibility index (Phi) is 8.24. The van der Waals surface area contributed by atoms with Crippen LogP contribution in [-0.2, 0) is 4.74 Å². The van der Waals surface area contributed by atoms with E-state index in [4.69, 9.17) is 10.1 Å². The average Bonchev–Trinajstić information content (AvgIpc) is 2.68. The zero-order valence-corrected chi connectivity index (χ0v) is 17.9. The maximum Gasteiger partial charge on any atom is 0.407 e. The molecule has 1 aromatic heterocycles. The van der Waals surface area contributed by atoms with Gasteiger partial charge in [-0.05, 0) is 50.3 Å². The van der Waals surface area contributed by atoms with Gasteiger partial charge in [-0.1, -0.05) is 32.6 Å². The quantitative estimate of drug-likeness (QED) is 0.519. The van der Waals surface area contributed by atoms with Gasteiger partial charge >= 0.3 is 6.09 Å². The summed E-state index contributed by atoms with van der Waals surface area (Å²) in [5.41, 5.74) is 3.14. The monoisotopic (exact) mass is 399 g/mol. The average molecular weight is 400 g/mol. The molecule has 0 spiro atoms. The third-order valence-electron chi connectivity index (χ3n) is 4.42. The SMILES string of the molecule is C=Cc1ccc2c(c1)nc(NCCCCNC(=O)OCC(C)C)c(=N)n2C(C)C. The number of aromatic nitrogens is 2. The summed E-state index contributed by atoms with van der Waals surface area (Å²) in [5.74, 6) is 0.895. The number of benzene rings is 1. The summed E-state index contributed by atoms with van der Waals surface area (Å²) in [6.07, 6.45) is 3.09. The van der Waals surface area contributed by atoms with Gasteiger partial charge in [-0.2, -0.15) is 0 Å².